The summed E-state index contributed by atoms with van der Waals surface area (Å²) in [5, 5.41) is 3.07. The molecule has 3 heteroatoms. The predicted molar refractivity (Wildman–Crippen MR) is 73.2 cm³/mol. The first-order valence-corrected chi connectivity index (χ1v) is 6.61. The minimum absolute atomic E-state index is 0.0923. The van der Waals surface area contributed by atoms with E-state index in [-0.39, 0.29) is 18.0 Å². The third kappa shape index (κ3) is 2.91. The zero-order valence-electron chi connectivity index (χ0n) is 11.4. The molecule has 2 unspecified atom stereocenters. The molecular weight excluding hydrogens is 224 g/mol. The highest BCUT2D eigenvalue weighted by Crippen LogP contribution is 2.25. The van der Waals surface area contributed by atoms with Crippen LogP contribution < -0.4 is 5.32 Å². The Morgan fingerprint density at radius 1 is 1.33 bits per heavy atom. The molecular formula is C15H22N2O. The largest absolute Gasteiger partial charge is 0.341 e. The van der Waals surface area contributed by atoms with Gasteiger partial charge in [-0.25, -0.2) is 0 Å². The summed E-state index contributed by atoms with van der Waals surface area (Å²) < 4.78 is 0. The van der Waals surface area contributed by atoms with Crippen molar-refractivity contribution in [2.75, 3.05) is 14.1 Å². The number of rotatable bonds is 3. The molecule has 0 aliphatic heterocycles. The Bertz CT molecular complexity index is 428. The Hall–Kier alpha value is -1.35. The van der Waals surface area contributed by atoms with Gasteiger partial charge in [-0.2, -0.15) is 0 Å². The highest BCUT2D eigenvalue weighted by Gasteiger charge is 2.25. The van der Waals surface area contributed by atoms with Gasteiger partial charge in [-0.15, -0.1) is 0 Å². The minimum Gasteiger partial charge on any atom is -0.341 e. The zero-order chi connectivity index (χ0) is 13.1. The monoisotopic (exact) mass is 246 g/mol. The van der Waals surface area contributed by atoms with Gasteiger partial charge in [-0.05, 0) is 51.4 Å². The van der Waals surface area contributed by atoms with Crippen LogP contribution >= 0.6 is 0 Å². The molecule has 3 nitrogen and oxygen atoms in total. The molecule has 2 rings (SSSR count). The van der Waals surface area contributed by atoms with Gasteiger partial charge in [-0.3, -0.25) is 9.69 Å². The molecule has 1 aromatic rings. The van der Waals surface area contributed by atoms with E-state index >= 15 is 0 Å². The average Bonchev–Trinajstić information content (AvgIpc) is 2.37. The summed E-state index contributed by atoms with van der Waals surface area (Å²) in [6.45, 7) is 2.01. The van der Waals surface area contributed by atoms with Crippen LogP contribution in [0.4, 0.5) is 0 Å². The molecule has 18 heavy (non-hydrogen) atoms. The molecule has 1 aromatic carbocycles. The number of hydrogen-bond acceptors (Lipinski definition) is 2. The highest BCUT2D eigenvalue weighted by atomic mass is 16.2. The smallest absolute Gasteiger partial charge is 0.224 e. The molecule has 0 radical (unpaired) electrons. The van der Waals surface area contributed by atoms with Crippen molar-refractivity contribution in [2.24, 2.45) is 5.92 Å². The number of benzene rings is 1. The van der Waals surface area contributed by atoms with Crippen molar-refractivity contribution in [3.05, 3.63) is 35.4 Å². The van der Waals surface area contributed by atoms with Gasteiger partial charge in [0.15, 0.2) is 0 Å². The summed E-state index contributed by atoms with van der Waals surface area (Å²) in [5.74, 6) is 0.313. The molecule has 0 heterocycles. The third-order valence-electron chi connectivity index (χ3n) is 3.84. The van der Waals surface area contributed by atoms with Crippen LogP contribution in [0.3, 0.4) is 0 Å². The van der Waals surface area contributed by atoms with Crippen molar-refractivity contribution < 1.29 is 4.79 Å². The van der Waals surface area contributed by atoms with Crippen molar-refractivity contribution in [3.63, 3.8) is 0 Å². The fourth-order valence-corrected chi connectivity index (χ4v) is 2.37. The lowest BCUT2D eigenvalue weighted by atomic mass is 9.83. The minimum atomic E-state index is 0.0923. The first kappa shape index (κ1) is 13.1. The van der Waals surface area contributed by atoms with Crippen LogP contribution in [0.25, 0.3) is 0 Å². The second kappa shape index (κ2) is 5.53. The SMILES string of the molecule is CC(NC(=O)C1CCc2ccccc2C1)N(C)C. The molecule has 1 aliphatic rings. The predicted octanol–water partition coefficient (Wildman–Crippen LogP) is 1.82. The maximum absolute atomic E-state index is 12.2. The van der Waals surface area contributed by atoms with Gasteiger partial charge in [0.05, 0.1) is 6.17 Å². The maximum Gasteiger partial charge on any atom is 0.224 e. The van der Waals surface area contributed by atoms with Gasteiger partial charge in [0.2, 0.25) is 5.91 Å². The van der Waals surface area contributed by atoms with Crippen molar-refractivity contribution >= 4 is 5.91 Å². The van der Waals surface area contributed by atoms with Gasteiger partial charge in [0.1, 0.15) is 0 Å². The summed E-state index contributed by atoms with van der Waals surface area (Å²) in [6.07, 6.45) is 2.95. The van der Waals surface area contributed by atoms with Gasteiger partial charge < -0.3 is 5.32 Å². The van der Waals surface area contributed by atoms with Crippen LogP contribution in [-0.4, -0.2) is 31.1 Å². The van der Waals surface area contributed by atoms with Gasteiger partial charge in [-0.1, -0.05) is 24.3 Å². The van der Waals surface area contributed by atoms with Gasteiger partial charge in [0.25, 0.3) is 0 Å². The van der Waals surface area contributed by atoms with E-state index in [1.165, 1.54) is 11.1 Å². The summed E-state index contributed by atoms with van der Waals surface area (Å²) in [6, 6.07) is 8.45. The van der Waals surface area contributed by atoms with Crippen LogP contribution in [0.1, 0.15) is 24.5 Å². The number of amides is 1. The molecule has 2 atom stereocenters. The molecule has 1 aliphatic carbocycles. The number of carbonyl (C=O) groups is 1. The van der Waals surface area contributed by atoms with Crippen LogP contribution in [0, 0.1) is 5.92 Å². The van der Waals surface area contributed by atoms with E-state index in [0.29, 0.717) is 0 Å². The molecule has 1 N–H and O–H groups in total. The van der Waals surface area contributed by atoms with E-state index in [4.69, 9.17) is 0 Å². The lowest BCUT2D eigenvalue weighted by molar-refractivity contribution is -0.126. The molecule has 1 amide bonds. The second-order valence-electron chi connectivity index (χ2n) is 5.36. The van der Waals surface area contributed by atoms with Crippen molar-refractivity contribution in [1.29, 1.82) is 0 Å². The molecule has 98 valence electrons. The fraction of sp³-hybridized carbons (Fsp3) is 0.533. The van der Waals surface area contributed by atoms with Crippen molar-refractivity contribution in [1.82, 2.24) is 10.2 Å². The first-order chi connectivity index (χ1) is 8.58. The van der Waals surface area contributed by atoms with E-state index in [1.54, 1.807) is 0 Å². The van der Waals surface area contributed by atoms with Crippen molar-refractivity contribution in [3.8, 4) is 0 Å². The number of fused-ring (bicyclic) bond motifs is 1. The van der Waals surface area contributed by atoms with Crippen LogP contribution in [0.15, 0.2) is 24.3 Å². The quantitative estimate of drug-likeness (QED) is 0.825. The molecule has 0 fully saturated rings. The lowest BCUT2D eigenvalue weighted by Crippen LogP contribution is -2.45. The summed E-state index contributed by atoms with van der Waals surface area (Å²) >= 11 is 0. The molecule has 0 saturated carbocycles. The van der Waals surface area contributed by atoms with Crippen molar-refractivity contribution in [2.45, 2.75) is 32.4 Å². The van der Waals surface area contributed by atoms with Crippen LogP contribution in [-0.2, 0) is 17.6 Å². The molecule has 0 aromatic heterocycles. The molecule has 0 spiro atoms. The third-order valence-corrected chi connectivity index (χ3v) is 3.84. The maximum atomic E-state index is 12.2. The van der Waals surface area contributed by atoms with E-state index in [9.17, 15) is 4.79 Å². The summed E-state index contributed by atoms with van der Waals surface area (Å²) in [4.78, 5) is 14.2. The number of hydrogen-bond donors (Lipinski definition) is 1. The Morgan fingerprint density at radius 3 is 2.67 bits per heavy atom. The van der Waals surface area contributed by atoms with E-state index in [0.717, 1.165) is 19.3 Å². The number of nitrogens with one attached hydrogen (secondary N) is 1. The van der Waals surface area contributed by atoms with Gasteiger partial charge >= 0.3 is 0 Å². The Balaban J connectivity index is 1.98. The lowest BCUT2D eigenvalue weighted by Gasteiger charge is -2.27. The number of aryl methyl sites for hydroxylation is 1. The zero-order valence-corrected chi connectivity index (χ0v) is 11.4. The van der Waals surface area contributed by atoms with Crippen LogP contribution in [0.2, 0.25) is 0 Å². The summed E-state index contributed by atoms with van der Waals surface area (Å²) in [5.41, 5.74) is 2.74. The Labute approximate surface area is 109 Å². The standard InChI is InChI=1S/C15H22N2O/c1-11(17(2)3)16-15(18)14-9-8-12-6-4-5-7-13(12)10-14/h4-7,11,14H,8-10H2,1-3H3,(H,16,18). The number of nitrogens with zero attached hydrogens (tertiary/aromatic N) is 1. The Kier molecular flexibility index (Phi) is 4.02. The molecule has 0 saturated heterocycles. The fourth-order valence-electron chi connectivity index (χ4n) is 2.37. The van der Waals surface area contributed by atoms with E-state index < -0.39 is 0 Å². The van der Waals surface area contributed by atoms with E-state index in [1.807, 2.05) is 25.9 Å². The topological polar surface area (TPSA) is 32.3 Å². The number of carbonyl (C=O) groups excluding carboxylic acids is 1. The van der Waals surface area contributed by atoms with Gasteiger partial charge in [0, 0.05) is 5.92 Å². The Morgan fingerprint density at radius 2 is 2.00 bits per heavy atom. The van der Waals surface area contributed by atoms with Crippen LogP contribution in [0.5, 0.6) is 0 Å². The highest BCUT2D eigenvalue weighted by molar-refractivity contribution is 5.79. The van der Waals surface area contributed by atoms with E-state index in [2.05, 4.69) is 29.6 Å². The first-order valence-electron chi connectivity index (χ1n) is 6.61. The molecule has 0 bridgehead atoms. The second-order valence-corrected chi connectivity index (χ2v) is 5.36. The normalized spacial score (nSPS) is 20.3. The average molecular weight is 246 g/mol. The summed E-state index contributed by atoms with van der Waals surface area (Å²) in [7, 11) is 3.95.